The lowest BCUT2D eigenvalue weighted by atomic mass is 10.1. The monoisotopic (exact) mass is 281 g/mol. The van der Waals surface area contributed by atoms with Crippen LogP contribution in [0.4, 0.5) is 5.13 Å². The molecule has 0 spiro atoms. The van der Waals surface area contributed by atoms with Crippen molar-refractivity contribution >= 4 is 22.4 Å². The zero-order valence-electron chi connectivity index (χ0n) is 11.2. The van der Waals surface area contributed by atoms with Crippen LogP contribution in [-0.4, -0.2) is 23.2 Å². The highest BCUT2D eigenvalue weighted by molar-refractivity contribution is 7.17. The molecular formula is C12H15N3O3S. The summed E-state index contributed by atoms with van der Waals surface area (Å²) in [5.41, 5.74) is 1.86. The quantitative estimate of drug-likeness (QED) is 0.868. The number of nitrogens with zero attached hydrogens (tertiary/aromatic N) is 2. The Morgan fingerprint density at radius 2 is 2.26 bits per heavy atom. The molecule has 1 atom stereocenters. The minimum atomic E-state index is -0.379. The first-order chi connectivity index (χ1) is 9.02. The van der Waals surface area contributed by atoms with E-state index in [0.717, 1.165) is 17.0 Å². The number of ether oxygens (including phenoxy) is 1. The number of nitrogens with one attached hydrogen (secondary N) is 1. The van der Waals surface area contributed by atoms with Gasteiger partial charge >= 0.3 is 5.97 Å². The molecule has 0 fully saturated rings. The molecule has 19 heavy (non-hydrogen) atoms. The Balaban J connectivity index is 2.13. The number of anilines is 1. The van der Waals surface area contributed by atoms with Crippen LogP contribution in [0.15, 0.2) is 10.7 Å². The fourth-order valence-electron chi connectivity index (χ4n) is 1.90. The average Bonchev–Trinajstić information content (AvgIpc) is 2.96. The first kappa shape index (κ1) is 13.5. The number of esters is 1. The van der Waals surface area contributed by atoms with E-state index in [9.17, 15) is 4.79 Å². The van der Waals surface area contributed by atoms with Crippen molar-refractivity contribution in [3.8, 4) is 0 Å². The summed E-state index contributed by atoms with van der Waals surface area (Å²) in [6.45, 7) is 5.76. The Kier molecular flexibility index (Phi) is 3.84. The summed E-state index contributed by atoms with van der Waals surface area (Å²) in [5.74, 6) is 0.401. The number of aromatic nitrogens is 2. The number of rotatable bonds is 4. The summed E-state index contributed by atoms with van der Waals surface area (Å²) in [6, 6.07) is 0.00268. The van der Waals surface area contributed by atoms with Crippen molar-refractivity contribution in [2.75, 3.05) is 12.4 Å². The number of methoxy groups -OCH3 is 1. The van der Waals surface area contributed by atoms with Gasteiger partial charge in [-0.15, -0.1) is 0 Å². The van der Waals surface area contributed by atoms with Crippen molar-refractivity contribution in [1.82, 2.24) is 10.1 Å². The lowest BCUT2D eigenvalue weighted by Crippen LogP contribution is -2.08. The maximum absolute atomic E-state index is 11.3. The summed E-state index contributed by atoms with van der Waals surface area (Å²) in [6.07, 6.45) is 1.50. The van der Waals surface area contributed by atoms with Gasteiger partial charge in [0, 0.05) is 5.56 Å². The third-order valence-electron chi connectivity index (χ3n) is 2.75. The molecule has 2 rings (SSSR count). The lowest BCUT2D eigenvalue weighted by Gasteiger charge is -2.12. The fraction of sp³-hybridized carbons (Fsp3) is 0.417. The van der Waals surface area contributed by atoms with Gasteiger partial charge in [0.05, 0.1) is 25.0 Å². The van der Waals surface area contributed by atoms with Crippen LogP contribution < -0.4 is 5.32 Å². The topological polar surface area (TPSA) is 77.2 Å². The molecule has 0 amide bonds. The molecule has 1 unspecified atom stereocenters. The Hall–Kier alpha value is -1.89. The summed E-state index contributed by atoms with van der Waals surface area (Å²) < 4.78 is 9.78. The molecule has 0 aliphatic heterocycles. The maximum Gasteiger partial charge on any atom is 0.349 e. The highest BCUT2D eigenvalue weighted by atomic mass is 32.1. The minimum absolute atomic E-state index is 0.00268. The van der Waals surface area contributed by atoms with Crippen LogP contribution in [0, 0.1) is 13.8 Å². The van der Waals surface area contributed by atoms with Gasteiger partial charge in [-0.2, -0.15) is 0 Å². The summed E-state index contributed by atoms with van der Waals surface area (Å²) in [4.78, 5) is 16.0. The number of thiazole rings is 1. The Labute approximate surface area is 114 Å². The Morgan fingerprint density at radius 1 is 1.53 bits per heavy atom. The number of carbonyl (C=O) groups excluding carboxylic acids is 1. The molecule has 2 aromatic heterocycles. The van der Waals surface area contributed by atoms with Gasteiger partial charge < -0.3 is 14.6 Å². The second-order valence-corrected chi connectivity index (χ2v) is 5.16. The Bertz CT molecular complexity index is 571. The molecule has 102 valence electrons. The fourth-order valence-corrected chi connectivity index (χ4v) is 2.72. The summed E-state index contributed by atoms with van der Waals surface area (Å²) in [7, 11) is 1.35. The van der Waals surface area contributed by atoms with E-state index < -0.39 is 0 Å². The van der Waals surface area contributed by atoms with E-state index in [0.29, 0.717) is 10.0 Å². The highest BCUT2D eigenvalue weighted by Crippen LogP contribution is 2.27. The average molecular weight is 281 g/mol. The van der Waals surface area contributed by atoms with E-state index in [2.05, 4.69) is 20.2 Å². The third-order valence-corrected chi connectivity index (χ3v) is 3.66. The second kappa shape index (κ2) is 5.40. The zero-order chi connectivity index (χ0) is 14.0. The van der Waals surface area contributed by atoms with Crippen molar-refractivity contribution in [3.63, 3.8) is 0 Å². The van der Waals surface area contributed by atoms with E-state index in [1.807, 2.05) is 20.8 Å². The van der Waals surface area contributed by atoms with Crippen molar-refractivity contribution < 1.29 is 14.1 Å². The van der Waals surface area contributed by atoms with Gasteiger partial charge in [0.25, 0.3) is 0 Å². The van der Waals surface area contributed by atoms with Crippen LogP contribution in [0.25, 0.3) is 0 Å². The molecule has 0 saturated heterocycles. The smallest absolute Gasteiger partial charge is 0.349 e. The van der Waals surface area contributed by atoms with Crippen molar-refractivity contribution in [3.05, 3.63) is 28.1 Å². The summed E-state index contributed by atoms with van der Waals surface area (Å²) >= 11 is 1.26. The van der Waals surface area contributed by atoms with Gasteiger partial charge in [-0.05, 0) is 20.8 Å². The van der Waals surface area contributed by atoms with Crippen molar-refractivity contribution in [1.29, 1.82) is 0 Å². The molecule has 0 saturated carbocycles. The van der Waals surface area contributed by atoms with E-state index in [1.54, 1.807) is 0 Å². The predicted octanol–water partition coefficient (Wildman–Crippen LogP) is 2.71. The molecule has 2 aromatic rings. The number of carbonyl (C=O) groups is 1. The van der Waals surface area contributed by atoms with Gasteiger partial charge in [0.1, 0.15) is 10.6 Å². The number of hydrogen-bond acceptors (Lipinski definition) is 7. The highest BCUT2D eigenvalue weighted by Gasteiger charge is 2.18. The van der Waals surface area contributed by atoms with E-state index in [4.69, 9.17) is 4.52 Å². The SMILES string of the molecule is COC(=O)c1cnc(NC(C)c2c(C)noc2C)s1. The first-order valence-corrected chi connectivity index (χ1v) is 6.58. The number of aryl methyl sites for hydroxylation is 2. The predicted molar refractivity (Wildman–Crippen MR) is 71.5 cm³/mol. The maximum atomic E-state index is 11.3. The molecular weight excluding hydrogens is 266 g/mol. The normalized spacial score (nSPS) is 12.2. The van der Waals surface area contributed by atoms with Crippen LogP contribution >= 0.6 is 11.3 Å². The largest absolute Gasteiger partial charge is 0.465 e. The molecule has 0 bridgehead atoms. The van der Waals surface area contributed by atoms with Crippen LogP contribution in [0.5, 0.6) is 0 Å². The molecule has 7 heteroatoms. The molecule has 0 aliphatic carbocycles. The lowest BCUT2D eigenvalue weighted by molar-refractivity contribution is 0.0606. The molecule has 0 aromatic carbocycles. The van der Waals surface area contributed by atoms with Gasteiger partial charge in [0.15, 0.2) is 5.13 Å². The number of hydrogen-bond donors (Lipinski definition) is 1. The molecule has 0 radical (unpaired) electrons. The van der Waals surface area contributed by atoms with Crippen molar-refractivity contribution in [2.24, 2.45) is 0 Å². The van der Waals surface area contributed by atoms with Crippen LogP contribution in [0.1, 0.15) is 39.7 Å². The second-order valence-electron chi connectivity index (χ2n) is 4.13. The standard InChI is InChI=1S/C12H15N3O3S/c1-6(10-7(2)15-18-8(10)3)14-12-13-5-9(19-12)11(16)17-4/h5-6H,1-4H3,(H,13,14). The molecule has 0 aliphatic rings. The van der Waals surface area contributed by atoms with Crippen LogP contribution in [0.3, 0.4) is 0 Å². The zero-order valence-corrected chi connectivity index (χ0v) is 12.0. The molecule has 2 heterocycles. The molecule has 1 N–H and O–H groups in total. The van der Waals surface area contributed by atoms with E-state index in [1.165, 1.54) is 24.6 Å². The van der Waals surface area contributed by atoms with Gasteiger partial charge in [0.2, 0.25) is 0 Å². The van der Waals surface area contributed by atoms with Crippen molar-refractivity contribution in [2.45, 2.75) is 26.8 Å². The first-order valence-electron chi connectivity index (χ1n) is 5.76. The van der Waals surface area contributed by atoms with Crippen LogP contribution in [-0.2, 0) is 4.74 Å². The Morgan fingerprint density at radius 3 is 2.84 bits per heavy atom. The van der Waals surface area contributed by atoms with Gasteiger partial charge in [-0.3, -0.25) is 0 Å². The minimum Gasteiger partial charge on any atom is -0.465 e. The van der Waals surface area contributed by atoms with E-state index >= 15 is 0 Å². The van der Waals surface area contributed by atoms with Gasteiger partial charge in [-0.25, -0.2) is 9.78 Å². The van der Waals surface area contributed by atoms with Crippen LogP contribution in [0.2, 0.25) is 0 Å². The third kappa shape index (κ3) is 2.76. The van der Waals surface area contributed by atoms with Gasteiger partial charge in [-0.1, -0.05) is 16.5 Å². The van der Waals surface area contributed by atoms with E-state index in [-0.39, 0.29) is 12.0 Å². The molecule has 6 nitrogen and oxygen atoms in total. The summed E-state index contributed by atoms with van der Waals surface area (Å²) in [5, 5.41) is 7.80.